The van der Waals surface area contributed by atoms with E-state index in [4.69, 9.17) is 0 Å². The molecule has 96 valence electrons. The Kier molecular flexibility index (Phi) is 3.13. The minimum absolute atomic E-state index is 0.0670. The third kappa shape index (κ3) is 1.96. The maximum absolute atomic E-state index is 13.0. The Morgan fingerprint density at radius 3 is 2.06 bits per heavy atom. The second-order valence-electron chi connectivity index (χ2n) is 3.39. The van der Waals surface area contributed by atoms with Gasteiger partial charge in [0.25, 0.3) is 0 Å². The number of amides is 2. The fourth-order valence-electron chi connectivity index (χ4n) is 1.29. The minimum atomic E-state index is -5.66. The number of imide groups is 1. The molecule has 1 aliphatic heterocycles. The molecule has 0 aliphatic carbocycles. The summed E-state index contributed by atoms with van der Waals surface area (Å²) in [4.78, 5) is 31.7. The van der Waals surface area contributed by atoms with Crippen molar-refractivity contribution < 1.29 is 37.1 Å². The van der Waals surface area contributed by atoms with Gasteiger partial charge in [-0.15, -0.1) is 0 Å². The number of carbonyl (C=O) groups is 3. The molecule has 0 N–H and O–H groups in total. The first-order valence-electron chi connectivity index (χ1n) is 4.44. The number of halogens is 4. The Morgan fingerprint density at radius 1 is 1.18 bits per heavy atom. The van der Waals surface area contributed by atoms with E-state index in [9.17, 15) is 37.1 Å². The first kappa shape index (κ1) is 13.4. The van der Waals surface area contributed by atoms with Gasteiger partial charge < -0.3 is 9.90 Å². The fourth-order valence-corrected chi connectivity index (χ4v) is 1.29. The molecule has 0 spiro atoms. The van der Waals surface area contributed by atoms with Gasteiger partial charge in [0.15, 0.2) is 0 Å². The summed E-state index contributed by atoms with van der Waals surface area (Å²) in [5.74, 6) is -18.1. The second kappa shape index (κ2) is 3.97. The largest absolute Gasteiger partial charge is 0.544 e. The van der Waals surface area contributed by atoms with Crippen LogP contribution < -0.4 is 5.11 Å². The van der Waals surface area contributed by atoms with Gasteiger partial charge >= 0.3 is 17.8 Å². The highest BCUT2D eigenvalue weighted by Gasteiger charge is 2.65. The first-order chi connectivity index (χ1) is 7.62. The summed E-state index contributed by atoms with van der Waals surface area (Å²) < 4.78 is 51.1. The van der Waals surface area contributed by atoms with Crippen LogP contribution in [0.25, 0.3) is 0 Å². The van der Waals surface area contributed by atoms with Crippen molar-refractivity contribution in [1.82, 2.24) is 4.90 Å². The summed E-state index contributed by atoms with van der Waals surface area (Å²) in [6.07, 6.45) is -0.156. The Labute approximate surface area is 92.0 Å². The average Bonchev–Trinajstić information content (AvgIpc) is 2.62. The second-order valence-corrected chi connectivity index (χ2v) is 3.39. The molecule has 0 aromatic carbocycles. The molecule has 0 aromatic heterocycles. The molecule has 0 aromatic rings. The summed E-state index contributed by atoms with van der Waals surface area (Å²) in [7, 11) is 0. The van der Waals surface area contributed by atoms with Gasteiger partial charge in [-0.3, -0.25) is 14.5 Å². The van der Waals surface area contributed by atoms with Crippen molar-refractivity contribution in [2.45, 2.75) is 24.7 Å². The van der Waals surface area contributed by atoms with Crippen molar-refractivity contribution in [2.75, 3.05) is 6.54 Å². The molecule has 1 rings (SSSR count). The summed E-state index contributed by atoms with van der Waals surface area (Å²) >= 11 is 0. The lowest BCUT2D eigenvalue weighted by Crippen LogP contribution is -2.61. The standard InChI is InChI=1S/C8H7F4NO4/c9-7(10,8(11,12)6(16)17)5(15)13-3-1-2-4(13)14/h1-3H2,(H,16,17)/p-1. The molecule has 5 nitrogen and oxygen atoms in total. The highest BCUT2D eigenvalue weighted by atomic mass is 19.3. The van der Waals surface area contributed by atoms with E-state index in [0.717, 1.165) is 0 Å². The number of aliphatic carboxylic acids is 1. The number of likely N-dealkylation sites (tertiary alicyclic amines) is 1. The maximum Gasteiger partial charge on any atom is 0.392 e. The van der Waals surface area contributed by atoms with E-state index >= 15 is 0 Å². The number of nitrogens with zero attached hydrogens (tertiary/aromatic N) is 1. The van der Waals surface area contributed by atoms with Gasteiger partial charge in [0, 0.05) is 13.0 Å². The van der Waals surface area contributed by atoms with E-state index < -0.39 is 36.2 Å². The Bertz CT molecular complexity index is 382. The summed E-state index contributed by atoms with van der Waals surface area (Å²) in [6.45, 7) is -0.434. The van der Waals surface area contributed by atoms with Gasteiger partial charge in [0.1, 0.15) is 5.97 Å². The molecular formula is C8H6F4NO4-. The molecule has 0 unspecified atom stereocenters. The molecule has 0 saturated carbocycles. The van der Waals surface area contributed by atoms with Gasteiger partial charge in [0.2, 0.25) is 5.91 Å². The third-order valence-corrected chi connectivity index (χ3v) is 2.24. The Hall–Kier alpha value is -1.67. The lowest BCUT2D eigenvalue weighted by Gasteiger charge is -2.28. The SMILES string of the molecule is O=C1CCCN1C(=O)C(F)(F)C(F)(F)C(=O)[O-]. The van der Waals surface area contributed by atoms with Gasteiger partial charge in [-0.1, -0.05) is 0 Å². The van der Waals surface area contributed by atoms with Crippen molar-refractivity contribution in [2.24, 2.45) is 0 Å². The van der Waals surface area contributed by atoms with E-state index in [0.29, 0.717) is 0 Å². The maximum atomic E-state index is 13.0. The normalized spacial score (nSPS) is 17.4. The molecule has 2 amide bonds. The highest BCUT2D eigenvalue weighted by Crippen LogP contribution is 2.36. The van der Waals surface area contributed by atoms with Crippen LogP contribution in [-0.2, 0) is 14.4 Å². The van der Waals surface area contributed by atoms with Crippen LogP contribution in [0.15, 0.2) is 0 Å². The molecule has 17 heavy (non-hydrogen) atoms. The van der Waals surface area contributed by atoms with E-state index in [1.807, 2.05) is 0 Å². The highest BCUT2D eigenvalue weighted by molar-refractivity contribution is 6.02. The van der Waals surface area contributed by atoms with Crippen LogP contribution >= 0.6 is 0 Å². The first-order valence-corrected chi connectivity index (χ1v) is 4.44. The number of rotatable bonds is 3. The van der Waals surface area contributed by atoms with Crippen molar-refractivity contribution >= 4 is 17.8 Å². The quantitative estimate of drug-likeness (QED) is 0.616. The van der Waals surface area contributed by atoms with Gasteiger partial charge in [0.05, 0.1) is 0 Å². The van der Waals surface area contributed by atoms with E-state index in [1.54, 1.807) is 0 Å². The molecule has 1 heterocycles. The van der Waals surface area contributed by atoms with Crippen LogP contribution in [0, 0.1) is 0 Å². The van der Waals surface area contributed by atoms with Crippen molar-refractivity contribution in [3.8, 4) is 0 Å². The van der Waals surface area contributed by atoms with Crippen molar-refractivity contribution in [3.05, 3.63) is 0 Å². The molecule has 1 fully saturated rings. The topological polar surface area (TPSA) is 77.5 Å². The van der Waals surface area contributed by atoms with Crippen LogP contribution in [0.4, 0.5) is 17.6 Å². The summed E-state index contributed by atoms with van der Waals surface area (Å²) in [5.41, 5.74) is 0. The fraction of sp³-hybridized carbons (Fsp3) is 0.625. The lowest BCUT2D eigenvalue weighted by molar-refractivity contribution is -0.345. The van der Waals surface area contributed by atoms with Gasteiger partial charge in [-0.05, 0) is 6.42 Å². The Balaban J connectivity index is 3.01. The van der Waals surface area contributed by atoms with Gasteiger partial charge in [-0.25, -0.2) is 0 Å². The number of hydrogen-bond donors (Lipinski definition) is 0. The zero-order valence-electron chi connectivity index (χ0n) is 8.21. The Morgan fingerprint density at radius 2 is 1.71 bits per heavy atom. The van der Waals surface area contributed by atoms with Crippen LogP contribution in [0.1, 0.15) is 12.8 Å². The number of carboxylic acids is 1. The number of alkyl halides is 4. The average molecular weight is 256 g/mol. The number of carbonyl (C=O) groups excluding carboxylic acids is 3. The molecule has 0 bridgehead atoms. The molecular weight excluding hydrogens is 250 g/mol. The zero-order valence-corrected chi connectivity index (χ0v) is 8.21. The predicted molar refractivity (Wildman–Crippen MR) is 40.9 cm³/mol. The van der Waals surface area contributed by atoms with Crippen molar-refractivity contribution in [3.63, 3.8) is 0 Å². The van der Waals surface area contributed by atoms with Crippen LogP contribution in [0.5, 0.6) is 0 Å². The van der Waals surface area contributed by atoms with Crippen LogP contribution in [0.3, 0.4) is 0 Å². The molecule has 0 radical (unpaired) electrons. The third-order valence-electron chi connectivity index (χ3n) is 2.24. The smallest absolute Gasteiger partial charge is 0.392 e. The number of hydrogen-bond acceptors (Lipinski definition) is 4. The van der Waals surface area contributed by atoms with Crippen LogP contribution in [-0.4, -0.2) is 41.1 Å². The summed E-state index contributed by atoms with van der Waals surface area (Å²) in [5, 5.41) is 9.87. The van der Waals surface area contributed by atoms with Crippen LogP contribution in [0.2, 0.25) is 0 Å². The molecule has 1 aliphatic rings. The zero-order chi connectivity index (χ0) is 13.4. The predicted octanol–water partition coefficient (Wildman–Crippen LogP) is -0.844. The van der Waals surface area contributed by atoms with E-state index in [-0.39, 0.29) is 17.7 Å². The van der Waals surface area contributed by atoms with E-state index in [2.05, 4.69) is 0 Å². The monoisotopic (exact) mass is 256 g/mol. The van der Waals surface area contributed by atoms with E-state index in [1.165, 1.54) is 0 Å². The molecule has 0 atom stereocenters. The summed E-state index contributed by atoms with van der Waals surface area (Å²) in [6, 6.07) is 0. The number of carboxylic acid groups (broad SMARTS) is 1. The molecule has 9 heteroatoms. The van der Waals surface area contributed by atoms with Gasteiger partial charge in [-0.2, -0.15) is 17.6 Å². The van der Waals surface area contributed by atoms with Crippen molar-refractivity contribution in [1.29, 1.82) is 0 Å². The molecule has 1 saturated heterocycles. The minimum Gasteiger partial charge on any atom is -0.544 e. The lowest BCUT2D eigenvalue weighted by atomic mass is 10.1.